The normalized spacial score (nSPS) is 15.1. The number of anilines is 6. The van der Waals surface area contributed by atoms with E-state index in [2.05, 4.69) is 321 Å². The van der Waals surface area contributed by atoms with Gasteiger partial charge in [0.05, 0.1) is 22.2 Å². The third-order valence-corrected chi connectivity index (χ3v) is 21.6. The van der Waals surface area contributed by atoms with E-state index in [1.54, 1.807) is 0 Å². The molecular formula is C86H68BClN2. The lowest BCUT2D eigenvalue weighted by molar-refractivity contribution is 0.569. The Kier molecular flexibility index (Phi) is 10.9. The van der Waals surface area contributed by atoms with Gasteiger partial charge in [-0.15, -0.1) is 0 Å². The van der Waals surface area contributed by atoms with Gasteiger partial charge < -0.3 is 9.80 Å². The Morgan fingerprint density at radius 2 is 0.622 bits per heavy atom. The van der Waals surface area contributed by atoms with Crippen LogP contribution in [0, 0.1) is 0 Å². The second kappa shape index (κ2) is 18.4. The number of halogens is 1. The molecule has 0 N–H and O–H groups in total. The van der Waals surface area contributed by atoms with Crippen molar-refractivity contribution in [2.75, 3.05) is 9.80 Å². The largest absolute Gasteiger partial charge is 0.311 e. The van der Waals surface area contributed by atoms with E-state index in [1.165, 1.54) is 150 Å². The molecule has 0 unspecified atom stereocenters. The Balaban J connectivity index is 1.01. The summed E-state index contributed by atoms with van der Waals surface area (Å²) >= 11 is 7.55. The molecule has 12 aromatic rings. The predicted octanol–water partition coefficient (Wildman–Crippen LogP) is 20.7. The van der Waals surface area contributed by atoms with Crippen molar-refractivity contribution in [2.24, 2.45) is 0 Å². The summed E-state index contributed by atoms with van der Waals surface area (Å²) in [6.45, 7) is 21.1. The summed E-state index contributed by atoms with van der Waals surface area (Å²) in [7, 11) is 0. The quantitative estimate of drug-likeness (QED) is 0.163. The van der Waals surface area contributed by atoms with Gasteiger partial charge in [0.1, 0.15) is 0 Å². The lowest BCUT2D eigenvalue weighted by Crippen LogP contribution is -2.61. The van der Waals surface area contributed by atoms with Gasteiger partial charge in [-0.1, -0.05) is 280 Å². The highest BCUT2D eigenvalue weighted by molar-refractivity contribution is 7.00. The second-order valence-electron chi connectivity index (χ2n) is 29.2. The van der Waals surface area contributed by atoms with Crippen LogP contribution in [0.3, 0.4) is 0 Å². The lowest BCUT2D eigenvalue weighted by atomic mass is 9.33. The number of hydrogen-bond donors (Lipinski definition) is 0. The molecule has 18 rings (SSSR count). The number of fused-ring (bicyclic) bond motifs is 24. The van der Waals surface area contributed by atoms with Crippen LogP contribution in [0.15, 0.2) is 249 Å². The molecule has 0 saturated carbocycles. The van der Waals surface area contributed by atoms with Crippen molar-refractivity contribution < 1.29 is 0 Å². The predicted molar refractivity (Wildman–Crippen MR) is 380 cm³/mol. The van der Waals surface area contributed by atoms with Crippen molar-refractivity contribution in [3.05, 3.63) is 315 Å². The van der Waals surface area contributed by atoms with E-state index in [4.69, 9.17) is 11.6 Å². The number of rotatable bonds is 3. The van der Waals surface area contributed by atoms with Crippen molar-refractivity contribution in [3.8, 4) is 55.6 Å². The Labute approximate surface area is 535 Å². The molecular weight excluding hydrogens is 1110 g/mol. The van der Waals surface area contributed by atoms with Crippen molar-refractivity contribution in [1.82, 2.24) is 0 Å². The van der Waals surface area contributed by atoms with Gasteiger partial charge in [-0.3, -0.25) is 0 Å². The second-order valence-corrected chi connectivity index (χ2v) is 29.7. The van der Waals surface area contributed by atoms with E-state index >= 15 is 0 Å². The van der Waals surface area contributed by atoms with Crippen LogP contribution in [-0.4, -0.2) is 6.71 Å². The summed E-state index contributed by atoms with van der Waals surface area (Å²) in [5, 5.41) is 0.705. The zero-order valence-corrected chi connectivity index (χ0v) is 53.3. The first-order valence-electron chi connectivity index (χ1n) is 32.2. The fourth-order valence-electron chi connectivity index (χ4n) is 17.4. The first-order chi connectivity index (χ1) is 43.5. The van der Waals surface area contributed by atoms with Crippen molar-refractivity contribution in [1.29, 1.82) is 0 Å². The van der Waals surface area contributed by atoms with Gasteiger partial charge in [0.25, 0.3) is 6.71 Å². The van der Waals surface area contributed by atoms with Gasteiger partial charge in [-0.05, 0) is 181 Å². The Bertz CT molecular complexity index is 4980. The van der Waals surface area contributed by atoms with E-state index in [0.29, 0.717) is 5.02 Å². The van der Waals surface area contributed by atoms with Crippen LogP contribution >= 0.6 is 11.6 Å². The number of nitrogens with zero attached hydrogens (tertiary/aromatic N) is 2. The molecule has 90 heavy (non-hydrogen) atoms. The summed E-state index contributed by atoms with van der Waals surface area (Å²) in [6, 6.07) is 96.5. The molecule has 4 heteroatoms. The zero-order chi connectivity index (χ0) is 61.1. The van der Waals surface area contributed by atoms with Crippen LogP contribution in [0.4, 0.5) is 34.1 Å². The highest BCUT2D eigenvalue weighted by Gasteiger charge is 2.57. The molecule has 432 valence electrons. The highest BCUT2D eigenvalue weighted by Crippen LogP contribution is 2.68. The molecule has 0 fully saturated rings. The maximum atomic E-state index is 7.55. The van der Waals surface area contributed by atoms with Crippen LogP contribution in [-0.2, 0) is 27.1 Å². The molecule has 2 spiro atoms. The van der Waals surface area contributed by atoms with E-state index < -0.39 is 10.8 Å². The zero-order valence-electron chi connectivity index (χ0n) is 52.5. The highest BCUT2D eigenvalue weighted by atomic mass is 35.5. The number of benzene rings is 12. The van der Waals surface area contributed by atoms with Gasteiger partial charge >= 0.3 is 0 Å². The van der Waals surface area contributed by atoms with Crippen molar-refractivity contribution in [2.45, 2.75) is 89.4 Å². The molecule has 0 atom stereocenters. The first-order valence-corrected chi connectivity index (χ1v) is 32.6. The average molecular weight is 1180 g/mol. The minimum absolute atomic E-state index is 0.122. The van der Waals surface area contributed by atoms with E-state index in [9.17, 15) is 0 Å². The van der Waals surface area contributed by atoms with Gasteiger partial charge in [-0.2, -0.15) is 0 Å². The molecule has 6 aliphatic rings. The molecule has 2 aliphatic heterocycles. The van der Waals surface area contributed by atoms with Crippen molar-refractivity contribution >= 4 is 68.8 Å². The third-order valence-electron chi connectivity index (χ3n) is 21.4. The monoisotopic (exact) mass is 1170 g/mol. The Hall–Kier alpha value is -9.41. The molecule has 12 aromatic carbocycles. The molecule has 4 aliphatic carbocycles. The SMILES string of the molecule is CC(C)(C)c1cc(-c2cc3c4c(c2)N(c2cccc5c2C2(c6ccccc6-c6ccccc62)c2ccccc2-5)c2cc(C(C)(C)C)ccc2B4c2ccc(Cl)cc2N3c2cccc3c2C2(c4ccccc4-c4ccccc42)c2ccccc2-3)cc(C(C)(C)C)c1. The first kappa shape index (κ1) is 53.6. The smallest absolute Gasteiger partial charge is 0.252 e. The summed E-state index contributed by atoms with van der Waals surface area (Å²) in [4.78, 5) is 5.41. The molecule has 0 amide bonds. The minimum atomic E-state index is -0.630. The third kappa shape index (κ3) is 6.97. The van der Waals surface area contributed by atoms with Crippen LogP contribution in [0.5, 0.6) is 0 Å². The van der Waals surface area contributed by atoms with Gasteiger partial charge in [0.15, 0.2) is 0 Å². The lowest BCUT2D eigenvalue weighted by Gasteiger charge is -2.46. The van der Waals surface area contributed by atoms with Crippen LogP contribution < -0.4 is 26.2 Å². The molecule has 0 radical (unpaired) electrons. The topological polar surface area (TPSA) is 6.48 Å². The van der Waals surface area contributed by atoms with E-state index in [-0.39, 0.29) is 23.0 Å². The van der Waals surface area contributed by atoms with Crippen molar-refractivity contribution in [3.63, 3.8) is 0 Å². The van der Waals surface area contributed by atoms with Gasteiger partial charge in [0, 0.05) is 38.9 Å². The Morgan fingerprint density at radius 1 is 0.289 bits per heavy atom. The summed E-state index contributed by atoms with van der Waals surface area (Å²) in [6.07, 6.45) is 0. The fraction of sp³-hybridized carbons (Fsp3) is 0.163. The maximum Gasteiger partial charge on any atom is 0.252 e. The Morgan fingerprint density at radius 3 is 1.01 bits per heavy atom. The summed E-state index contributed by atoms with van der Waals surface area (Å²) in [5.74, 6) is 0. The minimum Gasteiger partial charge on any atom is -0.311 e. The maximum absolute atomic E-state index is 7.55. The molecule has 0 aromatic heterocycles. The standard InChI is InChI=1S/C86H68BClN2/c1-82(2,3)53-40-42-71-75(49-53)89(73-38-22-30-63-61-28-14-20-36-69(61)85(79(63)73)65-32-16-10-24-57(65)58-25-11-17-33-66(58)85)77-46-52(51-44-54(83(4,5)6)48-55(45-51)84(7,8)9)47-78-81(77)87(71)72-43-41-56(88)50-76(72)90(78)74-39-23-31-64-62-29-15-21-37-70(62)86(80(64)74)67-34-18-12-26-59(67)60-27-13-19-35-68(60)86/h10-50H,1-9H3. The van der Waals surface area contributed by atoms with Gasteiger partial charge in [-0.25, -0.2) is 0 Å². The van der Waals surface area contributed by atoms with E-state index in [1.807, 2.05) is 0 Å². The summed E-state index contributed by atoms with van der Waals surface area (Å²) < 4.78 is 0. The summed E-state index contributed by atoms with van der Waals surface area (Å²) in [5.41, 5.74) is 36.1. The van der Waals surface area contributed by atoms with Crippen LogP contribution in [0.1, 0.15) is 124 Å². The van der Waals surface area contributed by atoms with Crippen LogP contribution in [0.2, 0.25) is 5.02 Å². The number of hydrogen-bond acceptors (Lipinski definition) is 2. The molecule has 0 bridgehead atoms. The molecule has 2 heterocycles. The fourth-order valence-corrected chi connectivity index (χ4v) is 17.6. The average Bonchev–Trinajstić information content (AvgIpc) is 1.41. The van der Waals surface area contributed by atoms with Gasteiger partial charge in [0.2, 0.25) is 0 Å². The van der Waals surface area contributed by atoms with E-state index in [0.717, 1.165) is 17.1 Å². The molecule has 2 nitrogen and oxygen atoms in total. The van der Waals surface area contributed by atoms with Crippen LogP contribution in [0.25, 0.3) is 55.6 Å². The molecule has 0 saturated heterocycles.